The summed E-state index contributed by atoms with van der Waals surface area (Å²) in [5, 5.41) is 22.6. The van der Waals surface area contributed by atoms with Crippen LogP contribution in [0.25, 0.3) is 5.69 Å². The first kappa shape index (κ1) is 17.5. The highest BCUT2D eigenvalue weighted by atomic mass is 16.5. The van der Waals surface area contributed by atoms with Gasteiger partial charge < -0.3 is 10.5 Å². The molecule has 1 saturated carbocycles. The third-order valence-corrected chi connectivity index (χ3v) is 5.47. The summed E-state index contributed by atoms with van der Waals surface area (Å²) in [6, 6.07) is 10.3. The van der Waals surface area contributed by atoms with Gasteiger partial charge in [0, 0.05) is 5.92 Å². The lowest BCUT2D eigenvalue weighted by Gasteiger charge is -2.25. The lowest BCUT2D eigenvalue weighted by molar-refractivity contribution is 0.334. The van der Waals surface area contributed by atoms with Gasteiger partial charge in [0.2, 0.25) is 11.8 Å². The number of fused-ring (bicyclic) bond motifs is 1. The Morgan fingerprint density at radius 2 is 2.00 bits per heavy atom. The number of nitrogens with two attached hydrogens (primary N) is 1. The molecule has 0 amide bonds. The van der Waals surface area contributed by atoms with Gasteiger partial charge in [-0.3, -0.25) is 0 Å². The molecule has 1 atom stereocenters. The fraction of sp³-hybridized carbons (Fsp3) is 0.333. The maximum atomic E-state index is 9.87. The van der Waals surface area contributed by atoms with E-state index in [1.54, 1.807) is 17.1 Å². The summed E-state index contributed by atoms with van der Waals surface area (Å²) in [7, 11) is 0. The molecule has 1 aromatic carbocycles. The number of nitrogens with zero attached hydrogens (tertiary/aromatic N) is 6. The van der Waals surface area contributed by atoms with Crippen molar-refractivity contribution in [3.63, 3.8) is 0 Å². The van der Waals surface area contributed by atoms with Crippen molar-refractivity contribution in [2.24, 2.45) is 5.73 Å². The van der Waals surface area contributed by atoms with Crippen LogP contribution in [-0.2, 0) is 0 Å². The summed E-state index contributed by atoms with van der Waals surface area (Å²) < 4.78 is 9.52. The van der Waals surface area contributed by atoms with Crippen molar-refractivity contribution in [1.29, 1.82) is 5.26 Å². The minimum Gasteiger partial charge on any atom is -0.422 e. The van der Waals surface area contributed by atoms with Crippen molar-refractivity contribution < 1.29 is 4.74 Å². The standard InChI is InChI=1S/C21H21N7O/c1-12(2)28-21-18(19(25-28)14-3-4-14)17(16(11-22)20(23)29-21)13-5-7-15(8-6-13)27-10-9-24-26-27/h5-10,12,14,17H,3-4,23H2,1-2H3. The summed E-state index contributed by atoms with van der Waals surface area (Å²) in [5.74, 6) is 0.929. The SMILES string of the molecule is CC(C)n1nc(C2CC2)c2c1OC(N)=C(C#N)C2c1ccc(-n2ccnn2)cc1. The first-order chi connectivity index (χ1) is 14.1. The number of hydrogen-bond donors (Lipinski definition) is 1. The number of nitriles is 1. The maximum absolute atomic E-state index is 9.87. The van der Waals surface area contributed by atoms with E-state index in [2.05, 4.69) is 30.2 Å². The fourth-order valence-corrected chi connectivity index (χ4v) is 3.89. The second-order valence-corrected chi connectivity index (χ2v) is 7.78. The number of allylic oxidation sites excluding steroid dienone is 1. The average Bonchev–Trinajstić information content (AvgIpc) is 3.27. The molecule has 8 heteroatoms. The van der Waals surface area contributed by atoms with E-state index in [9.17, 15) is 5.26 Å². The van der Waals surface area contributed by atoms with Gasteiger partial charge in [0.25, 0.3) is 0 Å². The normalized spacial score (nSPS) is 18.5. The van der Waals surface area contributed by atoms with Crippen LogP contribution in [0.4, 0.5) is 0 Å². The topological polar surface area (TPSA) is 108 Å². The average molecular weight is 387 g/mol. The molecule has 2 aromatic heterocycles. The van der Waals surface area contributed by atoms with Crippen molar-refractivity contribution in [3.05, 3.63) is 64.9 Å². The Kier molecular flexibility index (Phi) is 3.91. The van der Waals surface area contributed by atoms with E-state index < -0.39 is 0 Å². The van der Waals surface area contributed by atoms with Gasteiger partial charge in [-0.25, -0.2) is 9.36 Å². The summed E-state index contributed by atoms with van der Waals surface area (Å²) in [5.41, 5.74) is 10.5. The molecule has 0 bridgehead atoms. The quantitative estimate of drug-likeness (QED) is 0.737. The third kappa shape index (κ3) is 2.78. The van der Waals surface area contributed by atoms with E-state index in [4.69, 9.17) is 15.6 Å². The molecule has 0 radical (unpaired) electrons. The van der Waals surface area contributed by atoms with Gasteiger partial charge >= 0.3 is 0 Å². The van der Waals surface area contributed by atoms with Gasteiger partial charge in [-0.1, -0.05) is 17.3 Å². The van der Waals surface area contributed by atoms with Crippen LogP contribution in [0.2, 0.25) is 0 Å². The van der Waals surface area contributed by atoms with Gasteiger partial charge in [0.05, 0.1) is 41.3 Å². The van der Waals surface area contributed by atoms with Crippen molar-refractivity contribution in [2.75, 3.05) is 0 Å². The van der Waals surface area contributed by atoms with Crippen molar-refractivity contribution >= 4 is 0 Å². The van der Waals surface area contributed by atoms with E-state index in [0.29, 0.717) is 17.4 Å². The molecular weight excluding hydrogens is 366 g/mol. The van der Waals surface area contributed by atoms with Crippen LogP contribution >= 0.6 is 0 Å². The zero-order valence-electron chi connectivity index (χ0n) is 16.3. The molecular formula is C21H21N7O. The van der Waals surface area contributed by atoms with Crippen LogP contribution < -0.4 is 10.5 Å². The van der Waals surface area contributed by atoms with Gasteiger partial charge in [-0.15, -0.1) is 5.10 Å². The predicted molar refractivity (Wildman–Crippen MR) is 105 cm³/mol. The molecule has 1 unspecified atom stereocenters. The molecule has 2 N–H and O–H groups in total. The number of hydrogen-bond acceptors (Lipinski definition) is 6. The Morgan fingerprint density at radius 3 is 2.59 bits per heavy atom. The molecule has 5 rings (SSSR count). The molecule has 8 nitrogen and oxygen atoms in total. The van der Waals surface area contributed by atoms with Crippen molar-refractivity contribution in [3.8, 4) is 17.6 Å². The Hall–Kier alpha value is -3.60. The zero-order valence-corrected chi connectivity index (χ0v) is 16.3. The number of aromatic nitrogens is 5. The van der Waals surface area contributed by atoms with Crippen LogP contribution in [0, 0.1) is 11.3 Å². The van der Waals surface area contributed by atoms with Crippen molar-refractivity contribution in [1.82, 2.24) is 24.8 Å². The monoisotopic (exact) mass is 387 g/mol. The van der Waals surface area contributed by atoms with Gasteiger partial charge in [0.15, 0.2) is 0 Å². The molecule has 2 aliphatic rings. The molecule has 146 valence electrons. The highest BCUT2D eigenvalue weighted by Gasteiger charge is 2.41. The second kappa shape index (κ2) is 6.48. The van der Waals surface area contributed by atoms with E-state index in [-0.39, 0.29) is 17.8 Å². The lowest BCUT2D eigenvalue weighted by atomic mass is 9.83. The molecule has 0 saturated heterocycles. The zero-order chi connectivity index (χ0) is 20.1. The smallest absolute Gasteiger partial charge is 0.224 e. The molecule has 3 aromatic rings. The lowest BCUT2D eigenvalue weighted by Crippen LogP contribution is -2.22. The second-order valence-electron chi connectivity index (χ2n) is 7.78. The number of ether oxygens (including phenoxy) is 1. The van der Waals surface area contributed by atoms with Gasteiger partial charge in [0.1, 0.15) is 11.6 Å². The molecule has 0 spiro atoms. The van der Waals surface area contributed by atoms with Crippen molar-refractivity contribution in [2.45, 2.75) is 44.6 Å². The van der Waals surface area contributed by atoms with E-state index in [1.807, 2.05) is 28.9 Å². The Balaban J connectivity index is 1.67. The van der Waals surface area contributed by atoms with Gasteiger partial charge in [-0.2, -0.15) is 10.4 Å². The molecule has 1 fully saturated rings. The van der Waals surface area contributed by atoms with Crippen LogP contribution in [0.5, 0.6) is 5.88 Å². The minimum absolute atomic E-state index is 0.128. The van der Waals surface area contributed by atoms with E-state index >= 15 is 0 Å². The van der Waals surface area contributed by atoms with Crippen LogP contribution in [0.15, 0.2) is 48.1 Å². The highest BCUT2D eigenvalue weighted by molar-refractivity contribution is 5.57. The fourth-order valence-electron chi connectivity index (χ4n) is 3.89. The first-order valence-electron chi connectivity index (χ1n) is 9.75. The van der Waals surface area contributed by atoms with Crippen LogP contribution in [-0.4, -0.2) is 24.8 Å². The van der Waals surface area contributed by atoms with E-state index in [1.165, 1.54) is 0 Å². The first-order valence-corrected chi connectivity index (χ1v) is 9.75. The largest absolute Gasteiger partial charge is 0.422 e. The Bertz CT molecular complexity index is 1130. The predicted octanol–water partition coefficient (Wildman–Crippen LogP) is 3.14. The van der Waals surface area contributed by atoms with Gasteiger partial charge in [-0.05, 0) is 44.4 Å². The Labute approximate surface area is 168 Å². The summed E-state index contributed by atoms with van der Waals surface area (Å²) in [6.45, 7) is 4.13. The molecule has 3 heterocycles. The molecule has 29 heavy (non-hydrogen) atoms. The number of benzene rings is 1. The van der Waals surface area contributed by atoms with Crippen LogP contribution in [0.3, 0.4) is 0 Å². The molecule has 1 aliphatic heterocycles. The highest BCUT2D eigenvalue weighted by Crippen LogP contribution is 2.51. The minimum atomic E-state index is -0.295. The van der Waals surface area contributed by atoms with Crippen LogP contribution in [0.1, 0.15) is 61.4 Å². The maximum Gasteiger partial charge on any atom is 0.224 e. The third-order valence-electron chi connectivity index (χ3n) is 5.47. The Morgan fingerprint density at radius 1 is 1.24 bits per heavy atom. The van der Waals surface area contributed by atoms with E-state index in [0.717, 1.165) is 35.3 Å². The molecule has 1 aliphatic carbocycles. The number of rotatable bonds is 4. The summed E-state index contributed by atoms with van der Waals surface area (Å²) >= 11 is 0. The summed E-state index contributed by atoms with van der Waals surface area (Å²) in [4.78, 5) is 0. The summed E-state index contributed by atoms with van der Waals surface area (Å²) in [6.07, 6.45) is 5.65.